The lowest BCUT2D eigenvalue weighted by Gasteiger charge is -2.04. The summed E-state index contributed by atoms with van der Waals surface area (Å²) >= 11 is 0. The third kappa shape index (κ3) is 3.84. The number of nitrogens with zero attached hydrogens (tertiary/aromatic N) is 2. The molecule has 0 bridgehead atoms. The molecule has 1 aromatic heterocycles. The summed E-state index contributed by atoms with van der Waals surface area (Å²) in [6, 6.07) is 6.63. The van der Waals surface area contributed by atoms with E-state index in [1.807, 2.05) is 39.4 Å². The second kappa shape index (κ2) is 7.82. The van der Waals surface area contributed by atoms with Crippen molar-refractivity contribution in [3.63, 3.8) is 0 Å². The SMILES string of the molecule is CC.CC.CC1=Cc2cc(C)ccc2-c2cn(C)nc2C1. The Labute approximate surface area is 129 Å². The van der Waals surface area contributed by atoms with Gasteiger partial charge in [0.25, 0.3) is 0 Å². The zero-order valence-corrected chi connectivity index (χ0v) is 14.5. The third-order valence-corrected chi connectivity index (χ3v) is 3.25. The van der Waals surface area contributed by atoms with E-state index in [2.05, 4.69) is 49.4 Å². The van der Waals surface area contributed by atoms with Crippen LogP contribution >= 0.6 is 0 Å². The van der Waals surface area contributed by atoms with E-state index in [0.717, 1.165) is 6.42 Å². The summed E-state index contributed by atoms with van der Waals surface area (Å²) < 4.78 is 1.91. The average molecular weight is 284 g/mol. The van der Waals surface area contributed by atoms with Crippen LogP contribution in [0, 0.1) is 6.92 Å². The smallest absolute Gasteiger partial charge is 0.0743 e. The quantitative estimate of drug-likeness (QED) is 0.632. The highest BCUT2D eigenvalue weighted by Crippen LogP contribution is 2.33. The number of hydrogen-bond donors (Lipinski definition) is 0. The molecule has 1 aliphatic carbocycles. The highest BCUT2D eigenvalue weighted by atomic mass is 15.2. The van der Waals surface area contributed by atoms with Crippen molar-refractivity contribution >= 4 is 6.08 Å². The number of aryl methyl sites for hydroxylation is 2. The monoisotopic (exact) mass is 284 g/mol. The number of aromatic nitrogens is 2. The van der Waals surface area contributed by atoms with Gasteiger partial charge in [-0.1, -0.05) is 63.1 Å². The maximum atomic E-state index is 4.56. The molecule has 0 atom stereocenters. The van der Waals surface area contributed by atoms with E-state index >= 15 is 0 Å². The number of hydrogen-bond acceptors (Lipinski definition) is 1. The van der Waals surface area contributed by atoms with E-state index in [-0.39, 0.29) is 0 Å². The summed E-state index contributed by atoms with van der Waals surface area (Å²) in [6.45, 7) is 12.3. The van der Waals surface area contributed by atoms with Crippen LogP contribution in [0.4, 0.5) is 0 Å². The summed E-state index contributed by atoms with van der Waals surface area (Å²) in [7, 11) is 1.99. The molecule has 114 valence electrons. The Morgan fingerprint density at radius 2 is 1.67 bits per heavy atom. The summed E-state index contributed by atoms with van der Waals surface area (Å²) in [6.07, 6.45) is 5.35. The Morgan fingerprint density at radius 3 is 2.33 bits per heavy atom. The highest BCUT2D eigenvalue weighted by molar-refractivity contribution is 5.79. The van der Waals surface area contributed by atoms with Crippen molar-refractivity contribution in [1.29, 1.82) is 0 Å². The molecule has 3 rings (SSSR count). The van der Waals surface area contributed by atoms with Gasteiger partial charge in [0, 0.05) is 25.2 Å². The Balaban J connectivity index is 0.000000510. The average Bonchev–Trinajstić information content (AvgIpc) is 2.78. The molecule has 1 aromatic carbocycles. The molecule has 0 saturated heterocycles. The van der Waals surface area contributed by atoms with Gasteiger partial charge < -0.3 is 0 Å². The van der Waals surface area contributed by atoms with Crippen LogP contribution in [0.5, 0.6) is 0 Å². The Bertz CT molecular complexity index is 618. The topological polar surface area (TPSA) is 17.8 Å². The first-order valence-corrected chi connectivity index (χ1v) is 7.94. The van der Waals surface area contributed by atoms with Crippen LogP contribution in [0.2, 0.25) is 0 Å². The van der Waals surface area contributed by atoms with Gasteiger partial charge in [-0.2, -0.15) is 5.10 Å². The van der Waals surface area contributed by atoms with E-state index in [9.17, 15) is 0 Å². The van der Waals surface area contributed by atoms with E-state index < -0.39 is 0 Å². The normalized spacial score (nSPS) is 11.7. The van der Waals surface area contributed by atoms with Crippen molar-refractivity contribution < 1.29 is 0 Å². The van der Waals surface area contributed by atoms with Crippen LogP contribution in [0.15, 0.2) is 30.0 Å². The van der Waals surface area contributed by atoms with Crippen molar-refractivity contribution in [3.05, 3.63) is 46.8 Å². The van der Waals surface area contributed by atoms with Gasteiger partial charge in [0.05, 0.1) is 5.69 Å². The lowest BCUT2D eigenvalue weighted by atomic mass is 9.99. The molecule has 2 aromatic rings. The van der Waals surface area contributed by atoms with E-state index in [1.54, 1.807) is 0 Å². The van der Waals surface area contributed by atoms with Gasteiger partial charge in [-0.15, -0.1) is 0 Å². The van der Waals surface area contributed by atoms with Gasteiger partial charge >= 0.3 is 0 Å². The fourth-order valence-electron chi connectivity index (χ4n) is 2.52. The lowest BCUT2D eigenvalue weighted by molar-refractivity contribution is 0.748. The first-order valence-electron chi connectivity index (χ1n) is 7.94. The van der Waals surface area contributed by atoms with Crippen LogP contribution < -0.4 is 0 Å². The molecule has 0 aliphatic heterocycles. The number of allylic oxidation sites excluding steroid dienone is 1. The van der Waals surface area contributed by atoms with Gasteiger partial charge in [-0.3, -0.25) is 4.68 Å². The lowest BCUT2D eigenvalue weighted by Crippen LogP contribution is -1.91. The molecule has 21 heavy (non-hydrogen) atoms. The first-order chi connectivity index (χ1) is 10.1. The van der Waals surface area contributed by atoms with E-state index in [4.69, 9.17) is 0 Å². The van der Waals surface area contributed by atoms with Crippen molar-refractivity contribution in [2.45, 2.75) is 48.0 Å². The maximum Gasteiger partial charge on any atom is 0.0743 e. The van der Waals surface area contributed by atoms with Gasteiger partial charge in [0.2, 0.25) is 0 Å². The molecule has 2 nitrogen and oxygen atoms in total. The molecule has 2 heteroatoms. The highest BCUT2D eigenvalue weighted by Gasteiger charge is 2.16. The van der Waals surface area contributed by atoms with Crippen molar-refractivity contribution in [1.82, 2.24) is 9.78 Å². The third-order valence-electron chi connectivity index (χ3n) is 3.25. The minimum atomic E-state index is 0.948. The van der Waals surface area contributed by atoms with Crippen LogP contribution in [0.25, 0.3) is 17.2 Å². The molecule has 0 N–H and O–H groups in total. The van der Waals surface area contributed by atoms with Crippen LogP contribution in [0.3, 0.4) is 0 Å². The Kier molecular flexibility index (Phi) is 6.41. The number of rotatable bonds is 0. The van der Waals surface area contributed by atoms with Gasteiger partial charge in [-0.05, 0) is 25.0 Å². The van der Waals surface area contributed by atoms with E-state index in [0.29, 0.717) is 0 Å². The molecule has 0 fully saturated rings. The number of fused-ring (bicyclic) bond motifs is 3. The fourth-order valence-corrected chi connectivity index (χ4v) is 2.52. The molecular formula is C19H28N2. The summed E-state index contributed by atoms with van der Waals surface area (Å²) in [5.41, 5.74) is 7.75. The van der Waals surface area contributed by atoms with Gasteiger partial charge in [-0.25, -0.2) is 0 Å². The predicted molar refractivity (Wildman–Crippen MR) is 93.4 cm³/mol. The van der Waals surface area contributed by atoms with E-state index in [1.165, 1.54) is 33.5 Å². The molecule has 0 spiro atoms. The van der Waals surface area contributed by atoms with Gasteiger partial charge in [0.1, 0.15) is 0 Å². The molecule has 0 saturated carbocycles. The minimum absolute atomic E-state index is 0.948. The van der Waals surface area contributed by atoms with Gasteiger partial charge in [0.15, 0.2) is 0 Å². The summed E-state index contributed by atoms with van der Waals surface area (Å²) in [5, 5.41) is 4.56. The van der Waals surface area contributed by atoms with Crippen LogP contribution in [0.1, 0.15) is 51.4 Å². The first kappa shape index (κ1) is 17.2. The fraction of sp³-hybridized carbons (Fsp3) is 0.421. The minimum Gasteiger partial charge on any atom is -0.275 e. The zero-order valence-electron chi connectivity index (χ0n) is 14.5. The summed E-state index contributed by atoms with van der Waals surface area (Å²) in [4.78, 5) is 0. The second-order valence-electron chi connectivity index (χ2n) is 4.92. The summed E-state index contributed by atoms with van der Waals surface area (Å²) in [5.74, 6) is 0. The molecule has 0 unspecified atom stereocenters. The Hall–Kier alpha value is -1.83. The van der Waals surface area contributed by atoms with Crippen LogP contribution in [-0.2, 0) is 13.5 Å². The second-order valence-corrected chi connectivity index (χ2v) is 4.92. The molecule has 0 amide bonds. The maximum absolute atomic E-state index is 4.56. The molecular weight excluding hydrogens is 256 g/mol. The Morgan fingerprint density at radius 1 is 1.00 bits per heavy atom. The predicted octanol–water partition coefficient (Wildman–Crippen LogP) is 5.41. The largest absolute Gasteiger partial charge is 0.275 e. The number of benzene rings is 1. The zero-order chi connectivity index (χ0) is 16.0. The van der Waals surface area contributed by atoms with Crippen molar-refractivity contribution in [2.75, 3.05) is 0 Å². The standard InChI is InChI=1S/C15H16N2.2C2H6/c1-10-4-5-13-12(6-10)7-11(2)8-15-14(13)9-17(3)16-15;2*1-2/h4-7,9H,8H2,1-3H3;2*1-2H3. The molecule has 1 aliphatic rings. The molecule has 0 radical (unpaired) electrons. The van der Waals surface area contributed by atoms with Crippen molar-refractivity contribution in [3.8, 4) is 11.1 Å². The van der Waals surface area contributed by atoms with Crippen LogP contribution in [-0.4, -0.2) is 9.78 Å². The molecule has 1 heterocycles. The van der Waals surface area contributed by atoms with Crippen molar-refractivity contribution in [2.24, 2.45) is 7.05 Å².